The van der Waals surface area contributed by atoms with Gasteiger partial charge >= 0.3 is 0 Å². The molecule has 1 saturated heterocycles. The highest BCUT2D eigenvalue weighted by Gasteiger charge is 2.27. The Balaban J connectivity index is 2.44. The lowest BCUT2D eigenvalue weighted by atomic mass is 10.1. The van der Waals surface area contributed by atoms with Gasteiger partial charge in [0.15, 0.2) is 0 Å². The van der Waals surface area contributed by atoms with Gasteiger partial charge in [0.05, 0.1) is 12.3 Å². The van der Waals surface area contributed by atoms with Crippen LogP contribution in [-0.4, -0.2) is 23.5 Å². The molecule has 0 spiro atoms. The van der Waals surface area contributed by atoms with Crippen LogP contribution in [0.2, 0.25) is 0 Å². The predicted molar refractivity (Wildman–Crippen MR) is 80.7 cm³/mol. The van der Waals surface area contributed by atoms with Crippen LogP contribution in [-0.2, 0) is 9.59 Å². The number of aliphatic hydroxyl groups is 1. The normalized spacial score (nSPS) is 15.4. The molecule has 2 rings (SSSR count). The summed E-state index contributed by atoms with van der Waals surface area (Å²) in [7, 11) is 0. The van der Waals surface area contributed by atoms with Gasteiger partial charge in [-0.15, -0.1) is 0 Å². The zero-order valence-electron chi connectivity index (χ0n) is 12.2. The van der Waals surface area contributed by atoms with Gasteiger partial charge in [-0.25, -0.2) is 4.90 Å². The van der Waals surface area contributed by atoms with E-state index in [1.54, 1.807) is 6.07 Å². The van der Waals surface area contributed by atoms with Gasteiger partial charge in [-0.2, -0.15) is 0 Å². The highest BCUT2D eigenvalue weighted by atomic mass is 16.2. The molecule has 0 unspecified atom stereocenters. The summed E-state index contributed by atoms with van der Waals surface area (Å²) in [5.74, 6) is 5.49. The third-order valence-corrected chi connectivity index (χ3v) is 3.38. The molecule has 0 bridgehead atoms. The van der Waals surface area contributed by atoms with Crippen molar-refractivity contribution in [2.24, 2.45) is 0 Å². The minimum absolute atomic E-state index is 0.00424. The molecule has 110 valence electrons. The molecule has 1 aromatic carbocycles. The van der Waals surface area contributed by atoms with Crippen LogP contribution in [0.1, 0.15) is 43.2 Å². The summed E-state index contributed by atoms with van der Waals surface area (Å²) < 4.78 is 0. The zero-order valence-corrected chi connectivity index (χ0v) is 12.2. The van der Waals surface area contributed by atoms with E-state index >= 15 is 0 Å². The van der Waals surface area contributed by atoms with E-state index in [1.807, 2.05) is 19.1 Å². The van der Waals surface area contributed by atoms with E-state index in [1.165, 1.54) is 4.90 Å². The van der Waals surface area contributed by atoms with E-state index < -0.39 is 0 Å². The molecule has 0 radical (unpaired) electrons. The van der Waals surface area contributed by atoms with E-state index in [4.69, 9.17) is 5.11 Å². The summed E-state index contributed by atoms with van der Waals surface area (Å²) in [6, 6.07) is 5.52. The quantitative estimate of drug-likeness (QED) is 0.669. The molecular formula is C17H19NO3. The Bertz CT molecular complexity index is 592. The average molecular weight is 285 g/mol. The topological polar surface area (TPSA) is 57.6 Å². The summed E-state index contributed by atoms with van der Waals surface area (Å²) in [6.07, 6.45) is 2.65. The maximum Gasteiger partial charge on any atom is 0.233 e. The highest BCUT2D eigenvalue weighted by molar-refractivity contribution is 6.16. The first-order valence-corrected chi connectivity index (χ1v) is 7.19. The minimum atomic E-state index is -0.161. The number of aliphatic hydroxyl groups excluding tert-OH is 1. The fourth-order valence-electron chi connectivity index (χ4n) is 2.34. The second kappa shape index (κ2) is 7.05. The molecule has 21 heavy (non-hydrogen) atoms. The largest absolute Gasteiger partial charge is 0.395 e. The molecule has 0 aromatic heterocycles. The van der Waals surface area contributed by atoms with Crippen LogP contribution in [0, 0.1) is 18.8 Å². The van der Waals surface area contributed by atoms with Crippen molar-refractivity contribution in [3.63, 3.8) is 0 Å². The number of aryl methyl sites for hydroxylation is 1. The van der Waals surface area contributed by atoms with Gasteiger partial charge < -0.3 is 5.11 Å². The molecule has 4 nitrogen and oxygen atoms in total. The molecule has 4 heteroatoms. The Morgan fingerprint density at radius 3 is 2.48 bits per heavy atom. The van der Waals surface area contributed by atoms with Crippen LogP contribution in [0.25, 0.3) is 0 Å². The molecule has 2 amide bonds. The summed E-state index contributed by atoms with van der Waals surface area (Å²) in [4.78, 5) is 25.7. The van der Waals surface area contributed by atoms with Crippen LogP contribution in [0.4, 0.5) is 5.69 Å². The van der Waals surface area contributed by atoms with Crippen molar-refractivity contribution >= 4 is 17.5 Å². The third-order valence-electron chi connectivity index (χ3n) is 3.38. The molecule has 1 fully saturated rings. The number of amides is 2. The Kier molecular flexibility index (Phi) is 5.13. The lowest BCUT2D eigenvalue weighted by Crippen LogP contribution is -2.35. The van der Waals surface area contributed by atoms with Gasteiger partial charge in [-0.1, -0.05) is 17.9 Å². The summed E-state index contributed by atoms with van der Waals surface area (Å²) >= 11 is 0. The van der Waals surface area contributed by atoms with Gasteiger partial charge in [-0.05, 0) is 37.5 Å². The van der Waals surface area contributed by atoms with Crippen molar-refractivity contribution in [3.8, 4) is 11.8 Å². The molecule has 1 aliphatic rings. The van der Waals surface area contributed by atoms with Crippen LogP contribution < -0.4 is 4.90 Å². The van der Waals surface area contributed by atoms with Gasteiger partial charge in [0.1, 0.15) is 0 Å². The Hall–Kier alpha value is -2.12. The van der Waals surface area contributed by atoms with Crippen LogP contribution >= 0.6 is 0 Å². The Morgan fingerprint density at radius 2 is 1.86 bits per heavy atom. The number of imide groups is 1. The molecule has 0 saturated carbocycles. The number of anilines is 1. The Labute approximate surface area is 124 Å². The maximum atomic E-state index is 12.2. The van der Waals surface area contributed by atoms with Crippen molar-refractivity contribution in [3.05, 3.63) is 29.3 Å². The molecule has 1 aromatic rings. The van der Waals surface area contributed by atoms with E-state index in [2.05, 4.69) is 11.8 Å². The lowest BCUT2D eigenvalue weighted by Gasteiger charge is -2.20. The molecule has 0 aliphatic carbocycles. The predicted octanol–water partition coefficient (Wildman–Crippen LogP) is 2.16. The monoisotopic (exact) mass is 285 g/mol. The number of carbonyl (C=O) groups is 2. The summed E-state index contributed by atoms with van der Waals surface area (Å²) in [5, 5.41) is 8.82. The highest BCUT2D eigenvalue weighted by Crippen LogP contribution is 2.26. The average Bonchev–Trinajstić information content (AvgIpc) is 2.61. The molecule has 1 N–H and O–H groups in total. The van der Waals surface area contributed by atoms with E-state index in [-0.39, 0.29) is 18.4 Å². The van der Waals surface area contributed by atoms with E-state index in [0.29, 0.717) is 30.5 Å². The summed E-state index contributed by atoms with van der Waals surface area (Å²) in [5.41, 5.74) is 2.23. The fourth-order valence-corrected chi connectivity index (χ4v) is 2.34. The molecule has 1 aliphatic heterocycles. The standard InChI is InChI=1S/C17H19NO3/c1-13-9-10-15(14(12-13)6-4-5-11-19)18-16(20)7-2-3-8-17(18)21/h9-10,12,19H,2-3,5,7-8,11H2,1H3. The van der Waals surface area contributed by atoms with Gasteiger partial charge in [0, 0.05) is 24.8 Å². The number of nitrogens with zero attached hydrogens (tertiary/aromatic N) is 1. The molecular weight excluding hydrogens is 266 g/mol. The van der Waals surface area contributed by atoms with Gasteiger partial charge in [-0.3, -0.25) is 9.59 Å². The first kappa shape index (κ1) is 15.3. The summed E-state index contributed by atoms with van der Waals surface area (Å²) in [6.45, 7) is 1.93. The number of carbonyl (C=O) groups excluding carboxylic acids is 2. The van der Waals surface area contributed by atoms with Crippen LogP contribution in [0.15, 0.2) is 18.2 Å². The van der Waals surface area contributed by atoms with E-state index in [0.717, 1.165) is 18.4 Å². The second-order valence-electron chi connectivity index (χ2n) is 5.13. The molecule has 1 heterocycles. The number of rotatable bonds is 2. The fraction of sp³-hybridized carbons (Fsp3) is 0.412. The SMILES string of the molecule is Cc1ccc(N2C(=O)CCCCC2=O)c(C#CCCO)c1. The minimum Gasteiger partial charge on any atom is -0.395 e. The van der Waals surface area contributed by atoms with Crippen LogP contribution in [0.3, 0.4) is 0 Å². The number of benzene rings is 1. The van der Waals surface area contributed by atoms with Gasteiger partial charge in [0.25, 0.3) is 0 Å². The third kappa shape index (κ3) is 3.71. The zero-order chi connectivity index (χ0) is 15.2. The smallest absolute Gasteiger partial charge is 0.233 e. The second-order valence-corrected chi connectivity index (χ2v) is 5.13. The van der Waals surface area contributed by atoms with Crippen molar-refractivity contribution in [2.45, 2.75) is 39.0 Å². The Morgan fingerprint density at radius 1 is 1.19 bits per heavy atom. The molecule has 0 atom stereocenters. The lowest BCUT2D eigenvalue weighted by molar-refractivity contribution is -0.125. The van der Waals surface area contributed by atoms with Crippen molar-refractivity contribution < 1.29 is 14.7 Å². The first-order chi connectivity index (χ1) is 10.1. The number of hydrogen-bond acceptors (Lipinski definition) is 3. The van der Waals surface area contributed by atoms with Crippen LogP contribution in [0.5, 0.6) is 0 Å². The number of hydrogen-bond donors (Lipinski definition) is 1. The van der Waals surface area contributed by atoms with Crippen molar-refractivity contribution in [2.75, 3.05) is 11.5 Å². The maximum absolute atomic E-state index is 12.2. The van der Waals surface area contributed by atoms with Gasteiger partial charge in [0.2, 0.25) is 11.8 Å². The first-order valence-electron chi connectivity index (χ1n) is 7.19. The van der Waals surface area contributed by atoms with Crippen molar-refractivity contribution in [1.29, 1.82) is 0 Å². The van der Waals surface area contributed by atoms with Crippen molar-refractivity contribution in [1.82, 2.24) is 0 Å². The van der Waals surface area contributed by atoms with E-state index in [9.17, 15) is 9.59 Å².